The van der Waals surface area contributed by atoms with E-state index in [4.69, 9.17) is 4.74 Å². The fourth-order valence-corrected chi connectivity index (χ4v) is 3.75. The van der Waals surface area contributed by atoms with Gasteiger partial charge < -0.3 is 9.84 Å². The molecule has 1 aromatic heterocycles. The van der Waals surface area contributed by atoms with Gasteiger partial charge in [0.15, 0.2) is 17.3 Å². The molecular formula is C21H20N2O4S. The molecule has 28 heavy (non-hydrogen) atoms. The van der Waals surface area contributed by atoms with E-state index >= 15 is 0 Å². The van der Waals surface area contributed by atoms with Gasteiger partial charge in [0.25, 0.3) is 0 Å². The molecule has 0 bridgehead atoms. The van der Waals surface area contributed by atoms with Crippen molar-refractivity contribution in [2.75, 3.05) is 7.11 Å². The Bertz CT molecular complexity index is 1060. The molecule has 3 rings (SSSR count). The van der Waals surface area contributed by atoms with Crippen LogP contribution in [0.2, 0.25) is 0 Å². The number of hydrogen-bond acceptors (Lipinski definition) is 6. The van der Waals surface area contributed by atoms with Gasteiger partial charge in [-0.1, -0.05) is 18.2 Å². The molecule has 3 aromatic rings. The summed E-state index contributed by atoms with van der Waals surface area (Å²) in [7, 11) is 1.41. The lowest BCUT2D eigenvalue weighted by molar-refractivity contribution is -0.121. The Kier molecular flexibility index (Phi) is 6.06. The number of hydrazone groups is 1. The number of phenolic OH excluding ortho intramolecular Hbond substituents is 1. The number of ether oxygens (including phenoxy) is 1. The number of carbonyl (C=O) groups excluding carboxylic acids is 2. The molecule has 6 nitrogen and oxygen atoms in total. The van der Waals surface area contributed by atoms with E-state index in [9.17, 15) is 14.7 Å². The number of rotatable bonds is 7. The molecular weight excluding hydrogens is 376 g/mol. The number of nitrogens with zero attached hydrogens (tertiary/aromatic N) is 1. The Balaban J connectivity index is 1.58. The highest BCUT2D eigenvalue weighted by Crippen LogP contribution is 2.27. The van der Waals surface area contributed by atoms with E-state index in [2.05, 4.69) is 10.5 Å². The quantitative estimate of drug-likeness (QED) is 0.357. The molecule has 0 saturated heterocycles. The summed E-state index contributed by atoms with van der Waals surface area (Å²) in [5.41, 5.74) is 4.58. The van der Waals surface area contributed by atoms with Crippen molar-refractivity contribution >= 4 is 38.8 Å². The zero-order valence-corrected chi connectivity index (χ0v) is 16.4. The molecule has 0 atom stereocenters. The average Bonchev–Trinajstić information content (AvgIpc) is 3.14. The molecule has 144 valence electrons. The number of fused-ring (bicyclic) bond motifs is 1. The normalized spacial score (nSPS) is 11.4. The Morgan fingerprint density at radius 2 is 1.96 bits per heavy atom. The van der Waals surface area contributed by atoms with Crippen LogP contribution < -0.4 is 10.2 Å². The Morgan fingerprint density at radius 3 is 2.75 bits per heavy atom. The zero-order chi connectivity index (χ0) is 20.1. The largest absolute Gasteiger partial charge is 0.504 e. The van der Waals surface area contributed by atoms with Crippen LogP contribution in [0.25, 0.3) is 10.1 Å². The molecule has 2 N–H and O–H groups in total. The van der Waals surface area contributed by atoms with E-state index in [0.717, 1.165) is 15.6 Å². The molecule has 1 heterocycles. The molecule has 0 fully saturated rings. The third kappa shape index (κ3) is 4.37. The minimum Gasteiger partial charge on any atom is -0.504 e. The second kappa shape index (κ2) is 8.67. The van der Waals surface area contributed by atoms with Crippen LogP contribution in [0, 0.1) is 0 Å². The van der Waals surface area contributed by atoms with Gasteiger partial charge in [0.1, 0.15) is 0 Å². The number of nitrogens with one attached hydrogen (secondary N) is 1. The Morgan fingerprint density at radius 1 is 1.18 bits per heavy atom. The number of phenols is 1. The van der Waals surface area contributed by atoms with Crippen molar-refractivity contribution in [1.29, 1.82) is 0 Å². The zero-order valence-electron chi connectivity index (χ0n) is 15.6. The first-order valence-corrected chi connectivity index (χ1v) is 9.57. The SMILES string of the molecule is COc1cc(C(=O)CCC(=O)N/N=C(\C)c2csc3ccccc23)ccc1O. The number of methoxy groups -OCH3 is 1. The smallest absolute Gasteiger partial charge is 0.240 e. The van der Waals surface area contributed by atoms with Crippen molar-refractivity contribution in [2.24, 2.45) is 5.10 Å². The monoisotopic (exact) mass is 396 g/mol. The van der Waals surface area contributed by atoms with Crippen molar-refractivity contribution in [3.8, 4) is 11.5 Å². The van der Waals surface area contributed by atoms with Crippen LogP contribution in [0.15, 0.2) is 52.9 Å². The minimum absolute atomic E-state index is 0.0171. The molecule has 0 spiro atoms. The third-order valence-corrected chi connectivity index (χ3v) is 5.26. The lowest BCUT2D eigenvalue weighted by Gasteiger charge is -2.06. The average molecular weight is 396 g/mol. The first-order valence-electron chi connectivity index (χ1n) is 8.69. The van der Waals surface area contributed by atoms with Crippen LogP contribution >= 0.6 is 11.3 Å². The molecule has 0 unspecified atom stereocenters. The lowest BCUT2D eigenvalue weighted by Crippen LogP contribution is -2.20. The van der Waals surface area contributed by atoms with E-state index in [1.807, 2.05) is 36.6 Å². The molecule has 0 radical (unpaired) electrons. The van der Waals surface area contributed by atoms with Crippen LogP contribution in [0.5, 0.6) is 11.5 Å². The maximum absolute atomic E-state index is 12.2. The number of thiophene rings is 1. The predicted octanol–water partition coefficient (Wildman–Crippen LogP) is 4.12. The van der Waals surface area contributed by atoms with E-state index < -0.39 is 0 Å². The highest BCUT2D eigenvalue weighted by molar-refractivity contribution is 7.17. The molecule has 1 amide bonds. The first kappa shape index (κ1) is 19.6. The number of benzene rings is 2. The van der Waals surface area contributed by atoms with Gasteiger partial charge in [-0.05, 0) is 31.2 Å². The predicted molar refractivity (Wildman–Crippen MR) is 110 cm³/mol. The summed E-state index contributed by atoms with van der Waals surface area (Å²) in [6, 6.07) is 12.4. The van der Waals surface area contributed by atoms with Crippen molar-refractivity contribution in [2.45, 2.75) is 19.8 Å². The van der Waals surface area contributed by atoms with E-state index in [1.165, 1.54) is 25.3 Å². The molecule has 0 saturated carbocycles. The number of amides is 1. The van der Waals surface area contributed by atoms with Crippen molar-refractivity contribution in [3.63, 3.8) is 0 Å². The number of Topliss-reactive ketones (excluding diaryl/α,β-unsaturated/α-hetero) is 1. The minimum atomic E-state index is -0.335. The Hall–Kier alpha value is -3.19. The molecule has 7 heteroatoms. The highest BCUT2D eigenvalue weighted by atomic mass is 32.1. The number of hydrogen-bond donors (Lipinski definition) is 2. The number of carbonyl (C=O) groups is 2. The number of ketones is 1. The maximum Gasteiger partial charge on any atom is 0.240 e. The standard InChI is InChI=1S/C21H20N2O4S/c1-13(16-12-28-20-6-4-3-5-15(16)20)22-23-21(26)10-9-17(24)14-7-8-18(25)19(11-14)27-2/h3-8,11-12,25H,9-10H2,1-2H3,(H,23,26)/b22-13+. The fourth-order valence-electron chi connectivity index (χ4n) is 2.74. The van der Waals surface area contributed by atoms with Gasteiger partial charge in [-0.25, -0.2) is 5.43 Å². The summed E-state index contributed by atoms with van der Waals surface area (Å²) < 4.78 is 6.15. The molecule has 0 aliphatic carbocycles. The van der Waals surface area contributed by atoms with E-state index in [0.29, 0.717) is 11.3 Å². The molecule has 2 aromatic carbocycles. The topological polar surface area (TPSA) is 88.0 Å². The number of aromatic hydroxyl groups is 1. The summed E-state index contributed by atoms with van der Waals surface area (Å²) in [6.07, 6.45) is 0.0545. The molecule has 0 aliphatic rings. The highest BCUT2D eigenvalue weighted by Gasteiger charge is 2.12. The van der Waals surface area contributed by atoms with Crippen molar-refractivity contribution in [1.82, 2.24) is 5.43 Å². The van der Waals surface area contributed by atoms with Gasteiger partial charge in [0.05, 0.1) is 12.8 Å². The third-order valence-electron chi connectivity index (χ3n) is 4.30. The van der Waals surface area contributed by atoms with E-state index in [-0.39, 0.29) is 36.0 Å². The van der Waals surface area contributed by atoms with Gasteiger partial charge in [-0.15, -0.1) is 11.3 Å². The van der Waals surface area contributed by atoms with Crippen LogP contribution in [0.1, 0.15) is 35.7 Å². The van der Waals surface area contributed by atoms with Gasteiger partial charge in [0.2, 0.25) is 5.91 Å². The van der Waals surface area contributed by atoms with Gasteiger partial charge >= 0.3 is 0 Å². The van der Waals surface area contributed by atoms with Crippen molar-refractivity contribution in [3.05, 3.63) is 59.0 Å². The second-order valence-corrected chi connectivity index (χ2v) is 7.10. The lowest BCUT2D eigenvalue weighted by atomic mass is 10.1. The maximum atomic E-state index is 12.2. The summed E-state index contributed by atoms with van der Waals surface area (Å²) >= 11 is 1.63. The summed E-state index contributed by atoms with van der Waals surface area (Å²) in [4.78, 5) is 24.3. The van der Waals surface area contributed by atoms with Crippen molar-refractivity contribution < 1.29 is 19.4 Å². The van der Waals surface area contributed by atoms with Crippen LogP contribution in [-0.4, -0.2) is 29.6 Å². The second-order valence-electron chi connectivity index (χ2n) is 6.19. The van der Waals surface area contributed by atoms with Crippen LogP contribution in [0.4, 0.5) is 0 Å². The van der Waals surface area contributed by atoms with E-state index in [1.54, 1.807) is 11.3 Å². The van der Waals surface area contributed by atoms with Gasteiger partial charge in [-0.3, -0.25) is 9.59 Å². The summed E-state index contributed by atoms with van der Waals surface area (Å²) in [6.45, 7) is 1.84. The summed E-state index contributed by atoms with van der Waals surface area (Å²) in [5, 5.41) is 16.9. The van der Waals surface area contributed by atoms with Crippen LogP contribution in [0.3, 0.4) is 0 Å². The van der Waals surface area contributed by atoms with Crippen LogP contribution in [-0.2, 0) is 4.79 Å². The van der Waals surface area contributed by atoms with Gasteiger partial charge in [-0.2, -0.15) is 5.10 Å². The molecule has 0 aliphatic heterocycles. The Labute approximate surface area is 166 Å². The summed E-state index contributed by atoms with van der Waals surface area (Å²) in [5.74, 6) is -0.364. The fraction of sp³-hybridized carbons (Fsp3) is 0.190. The first-order chi connectivity index (χ1) is 13.5. The van der Waals surface area contributed by atoms with Gasteiger partial charge in [0, 0.05) is 39.4 Å².